The third kappa shape index (κ3) is 4.94. The van der Waals surface area contributed by atoms with Crippen molar-refractivity contribution in [3.8, 4) is 10.4 Å². The summed E-state index contributed by atoms with van der Waals surface area (Å²) in [5.74, 6) is 0. The van der Waals surface area contributed by atoms with Gasteiger partial charge in [0.2, 0.25) is 5.52 Å². The Balaban J connectivity index is 0.000000338. The van der Waals surface area contributed by atoms with E-state index in [2.05, 4.69) is 47.3 Å². The summed E-state index contributed by atoms with van der Waals surface area (Å²) in [5.41, 5.74) is 2.51. The molecule has 0 saturated carbocycles. The summed E-state index contributed by atoms with van der Waals surface area (Å²) in [6, 6.07) is 16.6. The summed E-state index contributed by atoms with van der Waals surface area (Å²) in [5, 5.41) is 2.03. The molecule has 0 atom stereocenters. The van der Waals surface area contributed by atoms with Gasteiger partial charge in [-0.15, -0.1) is 3.96 Å². The van der Waals surface area contributed by atoms with Crippen LogP contribution in [0.5, 0.6) is 0 Å². The lowest BCUT2D eigenvalue weighted by Gasteiger charge is -1.94. The molecule has 0 fully saturated rings. The monoisotopic (exact) mass is 361 g/mol. The highest BCUT2D eigenvalue weighted by Gasteiger charge is 2.20. The molecule has 0 aliphatic rings. The Morgan fingerprint density at radius 1 is 1.04 bits per heavy atom. The van der Waals surface area contributed by atoms with Crippen LogP contribution in [0.3, 0.4) is 0 Å². The molecule has 0 bridgehead atoms. The van der Waals surface area contributed by atoms with Gasteiger partial charge < -0.3 is 17.3 Å². The predicted molar refractivity (Wildman–Crippen MR) is 88.3 cm³/mol. The Kier molecular flexibility index (Phi) is 5.65. The van der Waals surface area contributed by atoms with Crippen molar-refractivity contribution < 1.29 is 21.2 Å². The Morgan fingerprint density at radius 3 is 2.22 bits per heavy atom. The molecule has 122 valence electrons. The van der Waals surface area contributed by atoms with Crippen molar-refractivity contribution >= 4 is 41.3 Å². The van der Waals surface area contributed by atoms with Crippen molar-refractivity contribution in [3.63, 3.8) is 0 Å². The maximum absolute atomic E-state index is 9.75. The first-order valence-electron chi connectivity index (χ1n) is 6.84. The predicted octanol–water partition coefficient (Wildman–Crippen LogP) is 5.83. The highest BCUT2D eigenvalue weighted by atomic mass is 35.5. The fraction of sp³-hybridized carbons (Fsp3) is 0.133. The second kappa shape index (κ2) is 7.32. The normalized spacial score (nSPS) is 11.2. The molecule has 23 heavy (non-hydrogen) atoms. The topological polar surface area (TPSA) is 3.88 Å². The van der Waals surface area contributed by atoms with E-state index in [9.17, 15) is 17.3 Å². The van der Waals surface area contributed by atoms with Crippen LogP contribution in [0.15, 0.2) is 48.5 Å². The largest absolute Gasteiger partial charge is 0.673 e. The summed E-state index contributed by atoms with van der Waals surface area (Å²) in [7, 11) is -6.00. The average molecular weight is 362 g/mol. The van der Waals surface area contributed by atoms with Gasteiger partial charge in [0.15, 0.2) is 6.54 Å². The maximum Gasteiger partial charge on any atom is 0.673 e. The quantitative estimate of drug-likeness (QED) is 0.307. The van der Waals surface area contributed by atoms with Gasteiger partial charge in [-0.25, -0.2) is 0 Å². The van der Waals surface area contributed by atoms with E-state index in [0.29, 0.717) is 0 Å². The van der Waals surface area contributed by atoms with Crippen LogP contribution >= 0.6 is 23.1 Å². The van der Waals surface area contributed by atoms with Crippen molar-refractivity contribution in [1.82, 2.24) is 0 Å². The van der Waals surface area contributed by atoms with E-state index in [1.165, 1.54) is 21.3 Å². The molecule has 0 aliphatic carbocycles. The van der Waals surface area contributed by atoms with E-state index in [1.807, 2.05) is 12.1 Å². The van der Waals surface area contributed by atoms with Crippen LogP contribution in [0.4, 0.5) is 17.3 Å². The molecule has 3 aromatic rings. The molecule has 0 N–H and O–H groups in total. The molecule has 1 heterocycles. The van der Waals surface area contributed by atoms with Crippen molar-refractivity contribution in [2.24, 2.45) is 0 Å². The number of rotatable bonds is 2. The third-order valence-electron chi connectivity index (χ3n) is 3.00. The van der Waals surface area contributed by atoms with Gasteiger partial charge in [-0.2, -0.15) is 0 Å². The van der Waals surface area contributed by atoms with Gasteiger partial charge in [-0.05, 0) is 24.6 Å². The van der Waals surface area contributed by atoms with Gasteiger partial charge in [-0.1, -0.05) is 41.9 Å². The zero-order valence-corrected chi connectivity index (χ0v) is 13.7. The van der Waals surface area contributed by atoms with E-state index in [4.69, 9.17) is 11.6 Å². The van der Waals surface area contributed by atoms with Crippen LogP contribution in [0.2, 0.25) is 5.02 Å². The van der Waals surface area contributed by atoms with Gasteiger partial charge >= 0.3 is 7.25 Å². The molecule has 0 saturated heterocycles. The van der Waals surface area contributed by atoms with Crippen molar-refractivity contribution in [3.05, 3.63) is 53.6 Å². The van der Waals surface area contributed by atoms with Gasteiger partial charge in [0.25, 0.3) is 0 Å². The van der Waals surface area contributed by atoms with Gasteiger partial charge in [0.05, 0.1) is 5.39 Å². The minimum atomic E-state index is -6.00. The van der Waals surface area contributed by atoms with E-state index in [0.717, 1.165) is 11.6 Å². The van der Waals surface area contributed by atoms with Crippen molar-refractivity contribution in [2.45, 2.75) is 13.5 Å². The van der Waals surface area contributed by atoms with E-state index >= 15 is 0 Å². The van der Waals surface area contributed by atoms with Crippen molar-refractivity contribution in [2.75, 3.05) is 0 Å². The number of aryl methyl sites for hydroxylation is 1. The number of hydrogen-bond acceptors (Lipinski definition) is 1. The minimum absolute atomic E-state index is 0.792. The summed E-state index contributed by atoms with van der Waals surface area (Å²) in [6.45, 7) is 3.15. The number of fused-ring (bicyclic) bond motifs is 1. The summed E-state index contributed by atoms with van der Waals surface area (Å²) >= 11 is 7.92. The van der Waals surface area contributed by atoms with Crippen LogP contribution < -0.4 is 3.96 Å². The molecule has 3 rings (SSSR count). The SMILES string of the molecule is CC[n+]1sc(-c2ccccc2)c2cc(Cl)ccc21.F[B-](F)(F)F. The Labute approximate surface area is 140 Å². The van der Waals surface area contributed by atoms with E-state index in [1.54, 1.807) is 11.5 Å². The first kappa shape index (κ1) is 17.8. The third-order valence-corrected chi connectivity index (χ3v) is 4.55. The molecule has 8 heteroatoms. The summed E-state index contributed by atoms with van der Waals surface area (Å²) in [4.78, 5) is 1.29. The van der Waals surface area contributed by atoms with Gasteiger partial charge in [-0.3, -0.25) is 0 Å². The maximum atomic E-state index is 9.75. The lowest BCUT2D eigenvalue weighted by Crippen LogP contribution is -2.26. The van der Waals surface area contributed by atoms with Crippen LogP contribution in [0, 0.1) is 0 Å². The van der Waals surface area contributed by atoms with Gasteiger partial charge in [0, 0.05) is 11.1 Å². The van der Waals surface area contributed by atoms with E-state index < -0.39 is 7.25 Å². The summed E-state index contributed by atoms with van der Waals surface area (Å²) in [6.07, 6.45) is 0. The Hall–Kier alpha value is -1.60. The molecule has 0 amide bonds. The molecule has 2 aromatic carbocycles. The van der Waals surface area contributed by atoms with Gasteiger partial charge in [0.1, 0.15) is 16.4 Å². The smallest absolute Gasteiger partial charge is 0.418 e. The lowest BCUT2D eigenvalue weighted by atomic mass is 10.1. The number of halogens is 5. The molecular weight excluding hydrogens is 348 g/mol. The number of hydrogen-bond donors (Lipinski definition) is 0. The lowest BCUT2D eigenvalue weighted by molar-refractivity contribution is -0.598. The zero-order chi connectivity index (χ0) is 17.0. The number of benzene rings is 2. The highest BCUT2D eigenvalue weighted by Crippen LogP contribution is 2.32. The molecular formula is C15H13BClF4NS. The fourth-order valence-electron chi connectivity index (χ4n) is 2.15. The molecule has 1 nitrogen and oxygen atoms in total. The average Bonchev–Trinajstić information content (AvgIpc) is 2.84. The fourth-order valence-corrected chi connectivity index (χ4v) is 3.43. The standard InChI is InChI=1S/C15H13ClNS.BF4/c1-2-17-14-9-8-12(16)10-13(14)15(18-17)11-6-4-3-5-7-11;2-1(3,4)5/h3-10H,2H2,1H3;/q+1;-1. The van der Waals surface area contributed by atoms with Crippen LogP contribution in [0.1, 0.15) is 6.92 Å². The van der Waals surface area contributed by atoms with Crippen LogP contribution in [0.25, 0.3) is 21.3 Å². The first-order valence-corrected chi connectivity index (χ1v) is 8.00. The van der Waals surface area contributed by atoms with E-state index in [-0.39, 0.29) is 0 Å². The van der Waals surface area contributed by atoms with Crippen molar-refractivity contribution in [1.29, 1.82) is 0 Å². The zero-order valence-electron chi connectivity index (χ0n) is 12.1. The second-order valence-electron chi connectivity index (χ2n) is 4.64. The Morgan fingerprint density at radius 2 is 1.65 bits per heavy atom. The molecule has 0 aliphatic heterocycles. The summed E-state index contributed by atoms with van der Waals surface area (Å²) < 4.78 is 41.3. The van der Waals surface area contributed by atoms with Crippen LogP contribution in [-0.4, -0.2) is 7.25 Å². The molecule has 0 unspecified atom stereocenters. The molecule has 0 spiro atoms. The first-order chi connectivity index (χ1) is 10.8. The second-order valence-corrected chi connectivity index (χ2v) is 6.11. The molecule has 0 radical (unpaired) electrons. The Bertz CT molecular complexity index is 783. The highest BCUT2D eigenvalue weighted by molar-refractivity contribution is 7.07. The number of nitrogens with zero attached hydrogens (tertiary/aromatic N) is 1. The minimum Gasteiger partial charge on any atom is -0.418 e. The van der Waals surface area contributed by atoms with Crippen LogP contribution in [-0.2, 0) is 6.54 Å². The number of aromatic nitrogens is 1. The molecule has 1 aromatic heterocycles.